The van der Waals surface area contributed by atoms with Gasteiger partial charge in [0, 0.05) is 19.6 Å². The smallest absolute Gasteiger partial charge is 0.260 e. The molecule has 6 nitrogen and oxygen atoms in total. The zero-order chi connectivity index (χ0) is 14.4. The Bertz CT molecular complexity index is 473. The highest BCUT2D eigenvalue weighted by atomic mass is 16.5. The number of hydrogen-bond donors (Lipinski definition) is 2. The van der Waals surface area contributed by atoms with Crippen LogP contribution in [0.3, 0.4) is 0 Å². The summed E-state index contributed by atoms with van der Waals surface area (Å²) < 4.78 is 5.43. The van der Waals surface area contributed by atoms with E-state index in [1.807, 2.05) is 12.1 Å². The molecule has 1 aliphatic heterocycles. The Morgan fingerprint density at radius 3 is 2.80 bits per heavy atom. The molecular formula is C14H19N3O3. The Balaban J connectivity index is 1.85. The molecule has 1 aliphatic rings. The summed E-state index contributed by atoms with van der Waals surface area (Å²) in [5.74, 6) is 0.322. The lowest BCUT2D eigenvalue weighted by molar-refractivity contribution is -0.136. The number of nitrogens with two attached hydrogens (primary N) is 1. The molecule has 0 aromatic heterocycles. The molecule has 1 heterocycles. The van der Waals surface area contributed by atoms with E-state index in [9.17, 15) is 9.59 Å². The van der Waals surface area contributed by atoms with Crippen LogP contribution in [0.2, 0.25) is 0 Å². The summed E-state index contributed by atoms with van der Waals surface area (Å²) in [6, 6.07) is 7.29. The third kappa shape index (κ3) is 3.96. The maximum Gasteiger partial charge on any atom is 0.260 e. The van der Waals surface area contributed by atoms with Crippen LogP contribution in [0.25, 0.3) is 0 Å². The van der Waals surface area contributed by atoms with Gasteiger partial charge < -0.3 is 20.7 Å². The van der Waals surface area contributed by atoms with E-state index >= 15 is 0 Å². The maximum atomic E-state index is 12.0. The summed E-state index contributed by atoms with van der Waals surface area (Å²) in [6.45, 7) is 1.71. The summed E-state index contributed by atoms with van der Waals surface area (Å²) in [5.41, 5.74) is 6.52. The van der Waals surface area contributed by atoms with Gasteiger partial charge in [0.2, 0.25) is 5.91 Å². The minimum atomic E-state index is -0.176. The first-order chi connectivity index (χ1) is 9.69. The summed E-state index contributed by atoms with van der Waals surface area (Å²) in [4.78, 5) is 24.9. The van der Waals surface area contributed by atoms with Crippen LogP contribution in [0.15, 0.2) is 24.3 Å². The van der Waals surface area contributed by atoms with Crippen molar-refractivity contribution in [2.45, 2.75) is 13.0 Å². The van der Waals surface area contributed by atoms with Crippen LogP contribution in [0.1, 0.15) is 12.0 Å². The number of rotatable bonds is 4. The zero-order valence-corrected chi connectivity index (χ0v) is 11.3. The molecule has 0 spiro atoms. The van der Waals surface area contributed by atoms with E-state index in [1.165, 1.54) is 4.90 Å². The molecule has 2 amide bonds. The minimum Gasteiger partial charge on any atom is -0.484 e. The van der Waals surface area contributed by atoms with Gasteiger partial charge in [-0.1, -0.05) is 12.1 Å². The predicted molar refractivity (Wildman–Crippen MR) is 74.0 cm³/mol. The van der Waals surface area contributed by atoms with Gasteiger partial charge in [-0.05, 0) is 24.1 Å². The molecule has 108 valence electrons. The fourth-order valence-corrected chi connectivity index (χ4v) is 1.98. The summed E-state index contributed by atoms with van der Waals surface area (Å²) in [5, 5.41) is 2.73. The lowest BCUT2D eigenvalue weighted by atomic mass is 10.2. The van der Waals surface area contributed by atoms with Gasteiger partial charge in [-0.15, -0.1) is 0 Å². The quantitative estimate of drug-likeness (QED) is 0.803. The van der Waals surface area contributed by atoms with Crippen molar-refractivity contribution in [3.05, 3.63) is 29.8 Å². The molecule has 1 saturated heterocycles. The number of ether oxygens (including phenoxy) is 1. The molecule has 1 aromatic rings. The van der Waals surface area contributed by atoms with E-state index in [1.54, 1.807) is 12.1 Å². The van der Waals surface area contributed by atoms with Crippen molar-refractivity contribution in [2.75, 3.05) is 26.2 Å². The fourth-order valence-electron chi connectivity index (χ4n) is 1.98. The molecule has 6 heteroatoms. The van der Waals surface area contributed by atoms with Crippen molar-refractivity contribution in [2.24, 2.45) is 5.73 Å². The van der Waals surface area contributed by atoms with Gasteiger partial charge in [-0.25, -0.2) is 0 Å². The number of amides is 2. The van der Waals surface area contributed by atoms with Crippen molar-refractivity contribution in [1.82, 2.24) is 10.2 Å². The molecule has 0 saturated carbocycles. The zero-order valence-electron chi connectivity index (χ0n) is 11.3. The van der Waals surface area contributed by atoms with Crippen molar-refractivity contribution >= 4 is 11.8 Å². The van der Waals surface area contributed by atoms with Crippen LogP contribution < -0.4 is 15.8 Å². The van der Waals surface area contributed by atoms with Crippen LogP contribution in [0.5, 0.6) is 5.75 Å². The third-order valence-corrected chi connectivity index (χ3v) is 3.14. The van der Waals surface area contributed by atoms with Gasteiger partial charge in [0.05, 0.1) is 6.54 Å². The van der Waals surface area contributed by atoms with Crippen LogP contribution in [-0.4, -0.2) is 43.0 Å². The fraction of sp³-hybridized carbons (Fsp3) is 0.429. The van der Waals surface area contributed by atoms with Gasteiger partial charge in [0.25, 0.3) is 5.91 Å². The van der Waals surface area contributed by atoms with E-state index < -0.39 is 0 Å². The molecule has 0 unspecified atom stereocenters. The van der Waals surface area contributed by atoms with Gasteiger partial charge in [0.15, 0.2) is 6.61 Å². The molecule has 1 fully saturated rings. The largest absolute Gasteiger partial charge is 0.484 e. The predicted octanol–water partition coefficient (Wildman–Crippen LogP) is -0.127. The number of carbonyl (C=O) groups excluding carboxylic acids is 2. The first kappa shape index (κ1) is 14.3. The minimum absolute atomic E-state index is 0.0603. The number of benzene rings is 1. The normalized spacial score (nSPS) is 15.4. The molecule has 0 atom stereocenters. The monoisotopic (exact) mass is 277 g/mol. The molecular weight excluding hydrogens is 258 g/mol. The summed E-state index contributed by atoms with van der Waals surface area (Å²) in [6.07, 6.45) is 0.767. The molecule has 20 heavy (non-hydrogen) atoms. The van der Waals surface area contributed by atoms with Gasteiger partial charge in [0.1, 0.15) is 5.75 Å². The SMILES string of the molecule is NCc1ccc(OCC(=O)N2CCCNC(=O)C2)cc1. The third-order valence-electron chi connectivity index (χ3n) is 3.14. The van der Waals surface area contributed by atoms with E-state index in [0.717, 1.165) is 12.0 Å². The topological polar surface area (TPSA) is 84.7 Å². The van der Waals surface area contributed by atoms with Gasteiger partial charge in [-0.2, -0.15) is 0 Å². The van der Waals surface area contributed by atoms with Gasteiger partial charge >= 0.3 is 0 Å². The Labute approximate surface area is 117 Å². The molecule has 0 bridgehead atoms. The number of nitrogens with zero attached hydrogens (tertiary/aromatic N) is 1. The second-order valence-corrected chi connectivity index (χ2v) is 4.66. The van der Waals surface area contributed by atoms with E-state index in [4.69, 9.17) is 10.5 Å². The van der Waals surface area contributed by atoms with Crippen molar-refractivity contribution in [3.8, 4) is 5.75 Å². The lowest BCUT2D eigenvalue weighted by Gasteiger charge is -2.19. The Kier molecular flexibility index (Phi) is 4.95. The highest BCUT2D eigenvalue weighted by molar-refractivity contribution is 5.85. The standard InChI is InChI=1S/C14H19N3O3/c15-8-11-2-4-12(5-3-11)20-10-14(19)17-7-1-6-16-13(18)9-17/h2-5H,1,6-10,15H2,(H,16,18). The Morgan fingerprint density at radius 2 is 2.10 bits per heavy atom. The first-order valence-corrected chi connectivity index (χ1v) is 6.65. The Morgan fingerprint density at radius 1 is 1.35 bits per heavy atom. The number of hydrogen-bond acceptors (Lipinski definition) is 4. The van der Waals surface area contributed by atoms with E-state index in [2.05, 4.69) is 5.32 Å². The van der Waals surface area contributed by atoms with E-state index in [-0.39, 0.29) is 25.0 Å². The Hall–Kier alpha value is -2.08. The van der Waals surface area contributed by atoms with Crippen molar-refractivity contribution < 1.29 is 14.3 Å². The van der Waals surface area contributed by atoms with Crippen LogP contribution in [0.4, 0.5) is 0 Å². The average Bonchev–Trinajstić information content (AvgIpc) is 2.70. The highest BCUT2D eigenvalue weighted by Gasteiger charge is 2.19. The molecule has 2 rings (SSSR count). The summed E-state index contributed by atoms with van der Waals surface area (Å²) >= 11 is 0. The van der Waals surface area contributed by atoms with Crippen molar-refractivity contribution in [1.29, 1.82) is 0 Å². The first-order valence-electron chi connectivity index (χ1n) is 6.65. The molecule has 0 aliphatic carbocycles. The van der Waals surface area contributed by atoms with Gasteiger partial charge in [-0.3, -0.25) is 9.59 Å². The van der Waals surface area contributed by atoms with Crippen LogP contribution in [-0.2, 0) is 16.1 Å². The number of carbonyl (C=O) groups is 2. The van der Waals surface area contributed by atoms with Crippen molar-refractivity contribution in [3.63, 3.8) is 0 Å². The van der Waals surface area contributed by atoms with Crippen LogP contribution in [0, 0.1) is 0 Å². The maximum absolute atomic E-state index is 12.0. The van der Waals surface area contributed by atoms with E-state index in [0.29, 0.717) is 25.4 Å². The number of nitrogens with one attached hydrogen (secondary N) is 1. The molecule has 3 N–H and O–H groups in total. The molecule has 0 radical (unpaired) electrons. The molecule has 1 aromatic carbocycles. The average molecular weight is 277 g/mol. The lowest BCUT2D eigenvalue weighted by Crippen LogP contribution is -2.39. The highest BCUT2D eigenvalue weighted by Crippen LogP contribution is 2.12. The second-order valence-electron chi connectivity index (χ2n) is 4.66. The van der Waals surface area contributed by atoms with Crippen LogP contribution >= 0.6 is 0 Å². The second kappa shape index (κ2) is 6.91. The summed E-state index contributed by atoms with van der Waals surface area (Å²) in [7, 11) is 0.